The van der Waals surface area contributed by atoms with E-state index in [1.165, 1.54) is 0 Å². The van der Waals surface area contributed by atoms with Crippen LogP contribution in [-0.4, -0.2) is 48.5 Å². The molecule has 0 aliphatic carbocycles. The number of likely N-dealkylation sites (tertiary alicyclic amines) is 1. The lowest BCUT2D eigenvalue weighted by Crippen LogP contribution is -2.41. The van der Waals surface area contributed by atoms with Crippen LogP contribution in [0.2, 0.25) is 0 Å². The van der Waals surface area contributed by atoms with Crippen molar-refractivity contribution in [2.24, 2.45) is 0 Å². The van der Waals surface area contributed by atoms with E-state index in [1.807, 2.05) is 36.4 Å². The van der Waals surface area contributed by atoms with Crippen LogP contribution in [-0.2, 0) is 6.42 Å². The van der Waals surface area contributed by atoms with Crippen molar-refractivity contribution < 1.29 is 14.4 Å². The number of nitrogens with zero attached hydrogens (tertiary/aromatic N) is 1. The predicted molar refractivity (Wildman–Crippen MR) is 110 cm³/mol. The zero-order chi connectivity index (χ0) is 20.2. The summed E-state index contributed by atoms with van der Waals surface area (Å²) >= 11 is 0. The fourth-order valence-corrected chi connectivity index (χ4v) is 3.64. The second kappa shape index (κ2) is 8.22. The van der Waals surface area contributed by atoms with Crippen LogP contribution in [0.1, 0.15) is 22.3 Å². The number of para-hydroxylation sites is 1. The number of hydrogen-bond donors (Lipinski definition) is 4. The molecule has 4 N–H and O–H groups in total. The molecule has 1 fully saturated rings. The van der Waals surface area contributed by atoms with Gasteiger partial charge in [-0.1, -0.05) is 18.2 Å². The van der Waals surface area contributed by atoms with E-state index in [2.05, 4.69) is 21.3 Å². The molecule has 0 spiro atoms. The Morgan fingerprint density at radius 1 is 1.03 bits per heavy atom. The maximum atomic E-state index is 12.4. The van der Waals surface area contributed by atoms with Gasteiger partial charge in [0.25, 0.3) is 5.91 Å². The number of rotatable bonds is 3. The SMILES string of the molecule is O=C(Nc1ccc2c(c1)CCNC2=O)NC1CCN(C(=O)Nc2ccccc2)C1. The zero-order valence-electron chi connectivity index (χ0n) is 15.9. The fraction of sp³-hybridized carbons (Fsp3) is 0.286. The van der Waals surface area contributed by atoms with Gasteiger partial charge in [0.05, 0.1) is 0 Å². The minimum Gasteiger partial charge on any atom is -0.352 e. The number of hydrogen-bond acceptors (Lipinski definition) is 3. The van der Waals surface area contributed by atoms with Crippen molar-refractivity contribution in [3.8, 4) is 0 Å². The first-order valence-electron chi connectivity index (χ1n) is 9.68. The van der Waals surface area contributed by atoms with E-state index in [-0.39, 0.29) is 24.0 Å². The van der Waals surface area contributed by atoms with E-state index < -0.39 is 0 Å². The summed E-state index contributed by atoms with van der Waals surface area (Å²) < 4.78 is 0. The van der Waals surface area contributed by atoms with Crippen LogP contribution in [0.15, 0.2) is 48.5 Å². The highest BCUT2D eigenvalue weighted by Crippen LogP contribution is 2.19. The lowest BCUT2D eigenvalue weighted by molar-refractivity contribution is 0.0946. The molecule has 1 unspecified atom stereocenters. The Balaban J connectivity index is 1.28. The number of urea groups is 2. The molecule has 0 radical (unpaired) electrons. The van der Waals surface area contributed by atoms with Crippen LogP contribution in [0.25, 0.3) is 0 Å². The average Bonchev–Trinajstić information content (AvgIpc) is 3.17. The number of nitrogens with one attached hydrogen (secondary N) is 4. The molecule has 8 nitrogen and oxygen atoms in total. The molecule has 2 aromatic rings. The lowest BCUT2D eigenvalue weighted by Gasteiger charge is -2.19. The summed E-state index contributed by atoms with van der Waals surface area (Å²) in [6.45, 7) is 1.64. The summed E-state index contributed by atoms with van der Waals surface area (Å²) in [4.78, 5) is 38.2. The second-order valence-corrected chi connectivity index (χ2v) is 7.20. The Morgan fingerprint density at radius 2 is 1.86 bits per heavy atom. The first-order chi connectivity index (χ1) is 14.1. The molecule has 8 heteroatoms. The monoisotopic (exact) mass is 393 g/mol. The van der Waals surface area contributed by atoms with Crippen LogP contribution in [0.4, 0.5) is 21.0 Å². The summed E-state index contributed by atoms with van der Waals surface area (Å²) in [6.07, 6.45) is 1.44. The Kier molecular flexibility index (Phi) is 5.33. The van der Waals surface area contributed by atoms with Gasteiger partial charge in [-0.2, -0.15) is 0 Å². The van der Waals surface area contributed by atoms with Crippen molar-refractivity contribution in [1.29, 1.82) is 0 Å². The molecule has 1 atom stereocenters. The third-order valence-electron chi connectivity index (χ3n) is 5.12. The maximum Gasteiger partial charge on any atom is 0.321 e. The van der Waals surface area contributed by atoms with Crippen LogP contribution < -0.4 is 21.3 Å². The molecule has 2 aliphatic rings. The standard InChI is InChI=1S/C21H23N5O3/c27-19-18-7-6-16(12-14(18)8-10-22-19)23-20(28)24-17-9-11-26(13-17)21(29)25-15-4-2-1-3-5-15/h1-7,12,17H,8-11,13H2,(H,22,27)(H,25,29)(H2,23,24,28). The van der Waals surface area contributed by atoms with Gasteiger partial charge in [-0.3, -0.25) is 4.79 Å². The minimum absolute atomic E-state index is 0.0814. The minimum atomic E-state index is -0.319. The van der Waals surface area contributed by atoms with Gasteiger partial charge in [0.2, 0.25) is 0 Å². The largest absolute Gasteiger partial charge is 0.352 e. The summed E-state index contributed by atoms with van der Waals surface area (Å²) in [5, 5.41) is 11.4. The zero-order valence-corrected chi connectivity index (χ0v) is 15.9. The number of anilines is 2. The number of benzene rings is 2. The summed E-state index contributed by atoms with van der Waals surface area (Å²) in [7, 11) is 0. The van der Waals surface area contributed by atoms with Gasteiger partial charge in [-0.25, -0.2) is 9.59 Å². The van der Waals surface area contributed by atoms with Gasteiger partial charge in [0, 0.05) is 42.6 Å². The molecule has 0 saturated carbocycles. The molecular weight excluding hydrogens is 370 g/mol. The van der Waals surface area contributed by atoms with Crippen molar-refractivity contribution in [3.63, 3.8) is 0 Å². The molecule has 4 rings (SSSR count). The van der Waals surface area contributed by atoms with Gasteiger partial charge >= 0.3 is 12.1 Å². The average molecular weight is 393 g/mol. The normalized spacial score (nSPS) is 17.9. The van der Waals surface area contributed by atoms with Gasteiger partial charge in [-0.15, -0.1) is 0 Å². The smallest absolute Gasteiger partial charge is 0.321 e. The highest BCUT2D eigenvalue weighted by atomic mass is 16.2. The van der Waals surface area contributed by atoms with Gasteiger partial charge in [0.15, 0.2) is 0 Å². The Bertz CT molecular complexity index is 931. The predicted octanol–water partition coefficient (Wildman–Crippen LogP) is 2.40. The van der Waals surface area contributed by atoms with Crippen LogP contribution >= 0.6 is 0 Å². The van der Waals surface area contributed by atoms with Crippen molar-refractivity contribution in [3.05, 3.63) is 59.7 Å². The quantitative estimate of drug-likeness (QED) is 0.644. The van der Waals surface area contributed by atoms with E-state index in [9.17, 15) is 14.4 Å². The van der Waals surface area contributed by atoms with Crippen molar-refractivity contribution >= 4 is 29.3 Å². The van der Waals surface area contributed by atoms with Crippen molar-refractivity contribution in [2.75, 3.05) is 30.3 Å². The van der Waals surface area contributed by atoms with E-state index in [0.717, 1.165) is 17.7 Å². The molecule has 2 aromatic carbocycles. The van der Waals surface area contributed by atoms with Crippen LogP contribution in [0, 0.1) is 0 Å². The van der Waals surface area contributed by atoms with Gasteiger partial charge < -0.3 is 26.2 Å². The molecule has 0 aromatic heterocycles. The Labute approximate surface area is 168 Å². The Hall–Kier alpha value is -3.55. The highest BCUT2D eigenvalue weighted by molar-refractivity contribution is 5.98. The molecule has 1 saturated heterocycles. The topological polar surface area (TPSA) is 103 Å². The van der Waals surface area contributed by atoms with Crippen molar-refractivity contribution in [2.45, 2.75) is 18.9 Å². The Morgan fingerprint density at radius 3 is 2.69 bits per heavy atom. The molecule has 29 heavy (non-hydrogen) atoms. The van der Waals surface area contributed by atoms with Crippen LogP contribution in [0.3, 0.4) is 0 Å². The van der Waals surface area contributed by atoms with Gasteiger partial charge in [-0.05, 0) is 48.7 Å². The van der Waals surface area contributed by atoms with E-state index in [0.29, 0.717) is 37.3 Å². The number of carbonyl (C=O) groups excluding carboxylic acids is 3. The maximum absolute atomic E-state index is 12.4. The number of carbonyl (C=O) groups is 3. The van der Waals surface area contributed by atoms with E-state index in [1.54, 1.807) is 17.0 Å². The third kappa shape index (κ3) is 4.48. The lowest BCUT2D eigenvalue weighted by atomic mass is 10.00. The van der Waals surface area contributed by atoms with Crippen molar-refractivity contribution in [1.82, 2.24) is 15.5 Å². The molecule has 2 aliphatic heterocycles. The highest BCUT2D eigenvalue weighted by Gasteiger charge is 2.27. The third-order valence-corrected chi connectivity index (χ3v) is 5.12. The summed E-state index contributed by atoms with van der Waals surface area (Å²) in [5.74, 6) is -0.0814. The molecule has 5 amide bonds. The van der Waals surface area contributed by atoms with Gasteiger partial charge in [0.1, 0.15) is 0 Å². The molecule has 150 valence electrons. The fourth-order valence-electron chi connectivity index (χ4n) is 3.64. The molecular formula is C21H23N5O3. The van der Waals surface area contributed by atoms with E-state index >= 15 is 0 Å². The van der Waals surface area contributed by atoms with Crippen LogP contribution in [0.5, 0.6) is 0 Å². The first-order valence-corrected chi connectivity index (χ1v) is 9.68. The summed E-state index contributed by atoms with van der Waals surface area (Å²) in [6, 6.07) is 14.0. The second-order valence-electron chi connectivity index (χ2n) is 7.20. The number of fused-ring (bicyclic) bond motifs is 1. The molecule has 2 heterocycles. The van der Waals surface area contributed by atoms with E-state index in [4.69, 9.17) is 0 Å². The first kappa shape index (κ1) is 18.8. The molecule has 0 bridgehead atoms. The number of amides is 5. The summed E-state index contributed by atoms with van der Waals surface area (Å²) in [5.41, 5.74) is 2.97.